The zero-order valence-electron chi connectivity index (χ0n) is 19.7. The highest BCUT2D eigenvalue weighted by atomic mass is 32.1. The topological polar surface area (TPSA) is 124 Å². The van der Waals surface area contributed by atoms with Gasteiger partial charge in [0.15, 0.2) is 0 Å². The van der Waals surface area contributed by atoms with Gasteiger partial charge < -0.3 is 5.32 Å². The first-order valence-electron chi connectivity index (χ1n) is 10.6. The van der Waals surface area contributed by atoms with Crippen molar-refractivity contribution in [3.63, 3.8) is 0 Å². The molecule has 0 atom stereocenters. The standard InChI is InChI=1S/C24H30N4O4S/c1-23(2,3)22-26-19-17(10-14(20(29)27-31)11-18(19)33-22)16-9-13(12-25-24(4,5)6)7-8-15(16)21(30)28-32/h7-11,25,31-32H,12H2,1-6H3,(H,27,29)(H,28,30). The molecule has 0 bridgehead atoms. The Morgan fingerprint density at radius 1 is 0.939 bits per heavy atom. The van der Waals surface area contributed by atoms with Gasteiger partial charge in [-0.25, -0.2) is 15.9 Å². The van der Waals surface area contributed by atoms with Crippen molar-refractivity contribution in [2.45, 2.75) is 59.0 Å². The summed E-state index contributed by atoms with van der Waals surface area (Å²) in [5.41, 5.74) is 6.18. The molecule has 2 aromatic carbocycles. The fraction of sp³-hybridized carbons (Fsp3) is 0.375. The van der Waals surface area contributed by atoms with E-state index in [1.165, 1.54) is 11.3 Å². The molecule has 0 aliphatic heterocycles. The van der Waals surface area contributed by atoms with Crippen molar-refractivity contribution in [2.24, 2.45) is 0 Å². The van der Waals surface area contributed by atoms with Crippen LogP contribution in [0.15, 0.2) is 30.3 Å². The molecule has 0 unspecified atom stereocenters. The first kappa shape index (κ1) is 24.8. The molecule has 0 saturated carbocycles. The molecule has 9 heteroatoms. The molecule has 0 spiro atoms. The third-order valence-corrected chi connectivity index (χ3v) is 6.47. The summed E-state index contributed by atoms with van der Waals surface area (Å²) in [5.74, 6) is -1.33. The molecule has 3 aromatic rings. The number of thiazole rings is 1. The Kier molecular flexibility index (Phi) is 6.90. The first-order chi connectivity index (χ1) is 15.3. The van der Waals surface area contributed by atoms with E-state index < -0.39 is 11.8 Å². The van der Waals surface area contributed by atoms with Crippen molar-refractivity contribution < 1.29 is 20.0 Å². The second-order valence-electron chi connectivity index (χ2n) is 10.0. The average Bonchev–Trinajstić information content (AvgIpc) is 3.20. The highest BCUT2D eigenvalue weighted by molar-refractivity contribution is 7.18. The van der Waals surface area contributed by atoms with Gasteiger partial charge in [-0.05, 0) is 56.2 Å². The minimum Gasteiger partial charge on any atom is -0.308 e. The van der Waals surface area contributed by atoms with Crippen LogP contribution in [0.1, 0.15) is 72.8 Å². The number of hydrogen-bond donors (Lipinski definition) is 5. The molecule has 2 amide bonds. The Bertz CT molecular complexity index is 1210. The maximum absolute atomic E-state index is 12.5. The van der Waals surface area contributed by atoms with E-state index in [2.05, 4.69) is 46.9 Å². The maximum atomic E-state index is 12.5. The Morgan fingerprint density at radius 3 is 2.18 bits per heavy atom. The Morgan fingerprint density at radius 2 is 1.61 bits per heavy atom. The number of hydrogen-bond acceptors (Lipinski definition) is 7. The number of aromatic nitrogens is 1. The molecule has 33 heavy (non-hydrogen) atoms. The van der Waals surface area contributed by atoms with Gasteiger partial charge in [-0.2, -0.15) is 0 Å². The summed E-state index contributed by atoms with van der Waals surface area (Å²) >= 11 is 1.46. The molecular weight excluding hydrogens is 440 g/mol. The van der Waals surface area contributed by atoms with E-state index in [0.717, 1.165) is 15.3 Å². The van der Waals surface area contributed by atoms with E-state index in [1.807, 2.05) is 12.1 Å². The lowest BCUT2D eigenvalue weighted by molar-refractivity contribution is 0.0703. The second-order valence-corrected chi connectivity index (χ2v) is 11.0. The molecule has 1 aromatic heterocycles. The van der Waals surface area contributed by atoms with Gasteiger partial charge in [0.05, 0.1) is 15.2 Å². The van der Waals surface area contributed by atoms with Crippen LogP contribution in [0.5, 0.6) is 0 Å². The van der Waals surface area contributed by atoms with Crippen LogP contribution in [0.4, 0.5) is 0 Å². The van der Waals surface area contributed by atoms with Crippen LogP contribution in [0.25, 0.3) is 21.3 Å². The number of hydroxylamine groups is 2. The van der Waals surface area contributed by atoms with Gasteiger partial charge in [0.25, 0.3) is 11.8 Å². The summed E-state index contributed by atoms with van der Waals surface area (Å²) in [5, 5.41) is 22.8. The number of benzene rings is 2. The number of carbonyl (C=O) groups excluding carboxylic acids is 2. The van der Waals surface area contributed by atoms with Crippen molar-refractivity contribution >= 4 is 33.4 Å². The SMILES string of the molecule is CC(C)(C)NCc1ccc(C(=O)NO)c(-c2cc(C(=O)NO)cc3sc(C(C)(C)C)nc23)c1. The van der Waals surface area contributed by atoms with Crippen molar-refractivity contribution in [3.8, 4) is 11.1 Å². The van der Waals surface area contributed by atoms with E-state index in [1.54, 1.807) is 29.2 Å². The van der Waals surface area contributed by atoms with Crippen LogP contribution in [0.3, 0.4) is 0 Å². The number of nitrogens with one attached hydrogen (secondary N) is 3. The third-order valence-electron chi connectivity index (χ3n) is 5.04. The zero-order chi connectivity index (χ0) is 24.6. The summed E-state index contributed by atoms with van der Waals surface area (Å²) in [6, 6.07) is 8.59. The Labute approximate surface area is 197 Å². The van der Waals surface area contributed by atoms with E-state index in [-0.39, 0.29) is 22.1 Å². The van der Waals surface area contributed by atoms with Crippen LogP contribution in [-0.4, -0.2) is 32.8 Å². The lowest BCUT2D eigenvalue weighted by Crippen LogP contribution is -2.35. The molecule has 0 radical (unpaired) electrons. The van der Waals surface area contributed by atoms with Crippen LogP contribution in [-0.2, 0) is 12.0 Å². The predicted molar refractivity (Wildman–Crippen MR) is 129 cm³/mol. The fourth-order valence-electron chi connectivity index (χ4n) is 3.30. The quantitative estimate of drug-likeness (QED) is 0.278. The normalized spacial score (nSPS) is 12.1. The van der Waals surface area contributed by atoms with Crippen LogP contribution in [0.2, 0.25) is 0 Å². The van der Waals surface area contributed by atoms with Crippen molar-refractivity contribution in [3.05, 3.63) is 52.0 Å². The molecule has 1 heterocycles. The van der Waals surface area contributed by atoms with E-state index in [0.29, 0.717) is 23.2 Å². The van der Waals surface area contributed by atoms with Crippen LogP contribution in [0, 0.1) is 0 Å². The number of fused-ring (bicyclic) bond motifs is 1. The van der Waals surface area contributed by atoms with E-state index in [9.17, 15) is 20.0 Å². The summed E-state index contributed by atoms with van der Waals surface area (Å²) < 4.78 is 0.754. The van der Waals surface area contributed by atoms with E-state index in [4.69, 9.17) is 4.98 Å². The van der Waals surface area contributed by atoms with Gasteiger partial charge in [-0.15, -0.1) is 11.3 Å². The van der Waals surface area contributed by atoms with Gasteiger partial charge in [-0.3, -0.25) is 20.0 Å². The zero-order valence-corrected chi connectivity index (χ0v) is 20.5. The van der Waals surface area contributed by atoms with Crippen molar-refractivity contribution in [2.75, 3.05) is 0 Å². The van der Waals surface area contributed by atoms with E-state index >= 15 is 0 Å². The molecule has 3 rings (SSSR count). The minimum absolute atomic E-state index is 0.107. The van der Waals surface area contributed by atoms with Gasteiger partial charge in [0, 0.05) is 34.2 Å². The summed E-state index contributed by atoms with van der Waals surface area (Å²) in [6.45, 7) is 12.9. The lowest BCUT2D eigenvalue weighted by Gasteiger charge is -2.21. The average molecular weight is 471 g/mol. The number of rotatable bonds is 5. The monoisotopic (exact) mass is 470 g/mol. The molecule has 5 N–H and O–H groups in total. The van der Waals surface area contributed by atoms with Gasteiger partial charge >= 0.3 is 0 Å². The first-order valence-corrected chi connectivity index (χ1v) is 11.4. The molecule has 8 nitrogen and oxygen atoms in total. The summed E-state index contributed by atoms with van der Waals surface area (Å²) in [7, 11) is 0. The molecule has 0 fully saturated rings. The number of nitrogens with zero attached hydrogens (tertiary/aromatic N) is 1. The number of carbonyl (C=O) groups is 2. The smallest absolute Gasteiger partial charge is 0.275 e. The van der Waals surface area contributed by atoms with Crippen molar-refractivity contribution in [1.29, 1.82) is 0 Å². The summed E-state index contributed by atoms with van der Waals surface area (Å²) in [4.78, 5) is 29.6. The van der Waals surface area contributed by atoms with Crippen LogP contribution < -0.4 is 16.3 Å². The predicted octanol–water partition coefficient (Wildman–Crippen LogP) is 4.39. The number of amides is 2. The molecule has 0 aliphatic rings. The minimum atomic E-state index is -0.670. The summed E-state index contributed by atoms with van der Waals surface area (Å²) in [6.07, 6.45) is 0. The molecule has 176 valence electrons. The highest BCUT2D eigenvalue weighted by Gasteiger charge is 2.24. The Balaban J connectivity index is 2.30. The largest absolute Gasteiger partial charge is 0.308 e. The van der Waals surface area contributed by atoms with Gasteiger partial charge in [-0.1, -0.05) is 26.8 Å². The maximum Gasteiger partial charge on any atom is 0.275 e. The fourth-order valence-corrected chi connectivity index (χ4v) is 4.39. The lowest BCUT2D eigenvalue weighted by atomic mass is 9.94. The molecule has 0 saturated heterocycles. The second kappa shape index (κ2) is 9.18. The highest BCUT2D eigenvalue weighted by Crippen LogP contribution is 2.38. The van der Waals surface area contributed by atoms with Crippen LogP contribution >= 0.6 is 11.3 Å². The third kappa shape index (κ3) is 5.56. The van der Waals surface area contributed by atoms with Gasteiger partial charge in [0.1, 0.15) is 0 Å². The van der Waals surface area contributed by atoms with Crippen molar-refractivity contribution in [1.82, 2.24) is 21.3 Å². The molecule has 0 aliphatic carbocycles. The Hall–Kier alpha value is -2.85. The van der Waals surface area contributed by atoms with Gasteiger partial charge in [0.2, 0.25) is 0 Å². The molecular formula is C24H30N4O4S.